The zero-order valence-electron chi connectivity index (χ0n) is 14.9. The zero-order chi connectivity index (χ0) is 18.6. The van der Waals surface area contributed by atoms with E-state index in [1.54, 1.807) is 11.8 Å². The third-order valence-corrected chi connectivity index (χ3v) is 6.53. The van der Waals surface area contributed by atoms with E-state index >= 15 is 0 Å². The van der Waals surface area contributed by atoms with E-state index in [4.69, 9.17) is 0 Å². The van der Waals surface area contributed by atoms with Gasteiger partial charge < -0.3 is 10.2 Å². The molecule has 1 atom stereocenters. The van der Waals surface area contributed by atoms with Crippen molar-refractivity contribution in [1.82, 2.24) is 10.2 Å². The van der Waals surface area contributed by atoms with Gasteiger partial charge in [0.05, 0.1) is 17.0 Å². The molecule has 2 aromatic carbocycles. The van der Waals surface area contributed by atoms with Gasteiger partial charge in [0, 0.05) is 13.1 Å². The van der Waals surface area contributed by atoms with E-state index in [0.29, 0.717) is 19.5 Å². The number of sulfone groups is 1. The highest BCUT2D eigenvalue weighted by Gasteiger charge is 2.40. The second-order valence-corrected chi connectivity index (χ2v) is 9.34. The smallest absolute Gasteiger partial charge is 0.318 e. The molecule has 0 bridgehead atoms. The highest BCUT2D eigenvalue weighted by molar-refractivity contribution is 7.91. The second-order valence-electron chi connectivity index (χ2n) is 7.16. The Hall–Kier alpha value is -2.34. The van der Waals surface area contributed by atoms with Crippen LogP contribution in [0.15, 0.2) is 60.7 Å². The summed E-state index contributed by atoms with van der Waals surface area (Å²) >= 11 is 0. The molecule has 1 aliphatic heterocycles. The van der Waals surface area contributed by atoms with Gasteiger partial charge in [-0.05, 0) is 24.5 Å². The molecule has 1 aliphatic rings. The number of nitrogens with zero attached hydrogens (tertiary/aromatic N) is 1. The van der Waals surface area contributed by atoms with Crippen LogP contribution in [0.2, 0.25) is 0 Å². The summed E-state index contributed by atoms with van der Waals surface area (Å²) in [4.78, 5) is 14.7. The number of nitrogens with one attached hydrogen (secondary N) is 1. The molecule has 0 spiro atoms. The maximum Gasteiger partial charge on any atom is 0.318 e. The van der Waals surface area contributed by atoms with E-state index in [1.807, 2.05) is 60.7 Å². The number of benzene rings is 2. The Morgan fingerprint density at radius 3 is 1.92 bits per heavy atom. The summed E-state index contributed by atoms with van der Waals surface area (Å²) in [7, 11) is -3.08. The summed E-state index contributed by atoms with van der Waals surface area (Å²) in [5.41, 5.74) is 1.35. The summed E-state index contributed by atoms with van der Waals surface area (Å²) in [5.74, 6) is 0.122. The highest BCUT2D eigenvalue weighted by atomic mass is 32.2. The fourth-order valence-electron chi connectivity index (χ4n) is 3.25. The van der Waals surface area contributed by atoms with E-state index < -0.39 is 15.4 Å². The van der Waals surface area contributed by atoms with Gasteiger partial charge in [-0.15, -0.1) is 0 Å². The first kappa shape index (κ1) is 18.5. The first-order valence-corrected chi connectivity index (χ1v) is 10.5. The number of urea groups is 1. The fraction of sp³-hybridized carbons (Fsp3) is 0.350. The molecule has 5 nitrogen and oxygen atoms in total. The van der Waals surface area contributed by atoms with Crippen molar-refractivity contribution in [1.29, 1.82) is 0 Å². The van der Waals surface area contributed by atoms with Gasteiger partial charge in [0.2, 0.25) is 0 Å². The quantitative estimate of drug-likeness (QED) is 0.877. The summed E-state index contributed by atoms with van der Waals surface area (Å²) in [5, 5.41) is 2.96. The molecule has 0 aromatic heterocycles. The summed E-state index contributed by atoms with van der Waals surface area (Å²) in [6, 6.07) is 19.3. The second kappa shape index (κ2) is 7.50. The molecule has 2 aromatic rings. The Bertz CT molecular complexity index is 812. The van der Waals surface area contributed by atoms with Crippen molar-refractivity contribution in [3.8, 4) is 0 Å². The average molecular weight is 372 g/mol. The Balaban J connectivity index is 1.76. The molecular formula is C20H24N2O3S. The van der Waals surface area contributed by atoms with Gasteiger partial charge in [0.25, 0.3) is 0 Å². The van der Waals surface area contributed by atoms with Crippen molar-refractivity contribution >= 4 is 15.9 Å². The summed E-state index contributed by atoms with van der Waals surface area (Å²) in [6.07, 6.45) is 0.450. The number of carbonyl (C=O) groups excluding carboxylic acids is 1. The normalized spacial score (nSPS) is 21.3. The molecule has 3 rings (SSSR count). The minimum absolute atomic E-state index is 0.00372. The molecule has 6 heteroatoms. The Kier molecular flexibility index (Phi) is 5.32. The monoisotopic (exact) mass is 372 g/mol. The van der Waals surface area contributed by atoms with Crippen molar-refractivity contribution in [3.05, 3.63) is 71.8 Å². The first-order valence-electron chi connectivity index (χ1n) is 8.71. The number of rotatable bonds is 5. The Morgan fingerprint density at radius 1 is 1.00 bits per heavy atom. The lowest BCUT2D eigenvalue weighted by molar-refractivity contribution is 0.181. The van der Waals surface area contributed by atoms with E-state index in [-0.39, 0.29) is 17.5 Å². The summed E-state index contributed by atoms with van der Waals surface area (Å²) in [6.45, 7) is 2.73. The van der Waals surface area contributed by atoms with Gasteiger partial charge in [-0.25, -0.2) is 13.2 Å². The standard InChI is InChI=1S/C20H24N2O3S/c1-20(12-13-26(24,25)16-20)21-19(23)22(14-17-8-4-2-5-9-17)15-18-10-6-3-7-11-18/h2-11H,12-16H2,1H3,(H,21,23). The Morgan fingerprint density at radius 2 is 1.50 bits per heavy atom. The van der Waals surface area contributed by atoms with Crippen molar-refractivity contribution in [3.63, 3.8) is 0 Å². The molecule has 0 radical (unpaired) electrons. The molecule has 1 heterocycles. The SMILES string of the molecule is CC1(NC(=O)N(Cc2ccccc2)Cc2ccccc2)CCS(=O)(=O)C1. The molecule has 1 unspecified atom stereocenters. The van der Waals surface area contributed by atoms with Crippen molar-refractivity contribution < 1.29 is 13.2 Å². The molecule has 138 valence electrons. The highest BCUT2D eigenvalue weighted by Crippen LogP contribution is 2.23. The van der Waals surface area contributed by atoms with E-state index in [2.05, 4.69) is 5.32 Å². The molecule has 0 aliphatic carbocycles. The van der Waals surface area contributed by atoms with Crippen LogP contribution in [0.4, 0.5) is 4.79 Å². The number of amides is 2. The van der Waals surface area contributed by atoms with Crippen LogP contribution in [0.25, 0.3) is 0 Å². The summed E-state index contributed by atoms with van der Waals surface area (Å²) < 4.78 is 23.6. The lowest BCUT2D eigenvalue weighted by Gasteiger charge is -2.30. The third kappa shape index (κ3) is 4.85. The predicted octanol–water partition coefficient (Wildman–Crippen LogP) is 2.98. The van der Waals surface area contributed by atoms with Crippen LogP contribution >= 0.6 is 0 Å². The van der Waals surface area contributed by atoms with Crippen LogP contribution in [-0.4, -0.2) is 36.4 Å². The van der Waals surface area contributed by atoms with Gasteiger partial charge >= 0.3 is 6.03 Å². The average Bonchev–Trinajstić information content (AvgIpc) is 2.89. The first-order chi connectivity index (χ1) is 12.4. The molecular weight excluding hydrogens is 348 g/mol. The molecule has 2 amide bonds. The van der Waals surface area contributed by atoms with Gasteiger partial charge in [-0.1, -0.05) is 60.7 Å². The van der Waals surface area contributed by atoms with Crippen LogP contribution in [0.3, 0.4) is 0 Å². The molecule has 26 heavy (non-hydrogen) atoms. The van der Waals surface area contributed by atoms with Crippen LogP contribution in [0.1, 0.15) is 24.5 Å². The maximum atomic E-state index is 12.9. The molecule has 1 saturated heterocycles. The number of hydrogen-bond acceptors (Lipinski definition) is 3. The van der Waals surface area contributed by atoms with E-state index in [1.165, 1.54) is 0 Å². The van der Waals surface area contributed by atoms with Crippen molar-refractivity contribution in [2.24, 2.45) is 0 Å². The van der Waals surface area contributed by atoms with E-state index in [9.17, 15) is 13.2 Å². The topological polar surface area (TPSA) is 66.5 Å². The zero-order valence-corrected chi connectivity index (χ0v) is 15.7. The van der Waals surface area contributed by atoms with Gasteiger partial charge in [-0.2, -0.15) is 0 Å². The molecule has 1 fully saturated rings. The largest absolute Gasteiger partial charge is 0.332 e. The van der Waals surface area contributed by atoms with Gasteiger partial charge in [0.1, 0.15) is 0 Å². The van der Waals surface area contributed by atoms with E-state index in [0.717, 1.165) is 11.1 Å². The molecule has 1 N–H and O–H groups in total. The fourth-order valence-corrected chi connectivity index (χ4v) is 5.35. The van der Waals surface area contributed by atoms with Crippen molar-refractivity contribution in [2.45, 2.75) is 32.0 Å². The van der Waals surface area contributed by atoms with Gasteiger partial charge in [-0.3, -0.25) is 0 Å². The van der Waals surface area contributed by atoms with Crippen LogP contribution < -0.4 is 5.32 Å². The number of hydrogen-bond donors (Lipinski definition) is 1. The van der Waals surface area contributed by atoms with Crippen molar-refractivity contribution in [2.75, 3.05) is 11.5 Å². The molecule has 0 saturated carbocycles. The van der Waals surface area contributed by atoms with Crippen LogP contribution in [0, 0.1) is 0 Å². The minimum atomic E-state index is -3.08. The van der Waals surface area contributed by atoms with Gasteiger partial charge in [0.15, 0.2) is 9.84 Å². The predicted molar refractivity (Wildman–Crippen MR) is 102 cm³/mol. The number of carbonyl (C=O) groups is 1. The lowest BCUT2D eigenvalue weighted by Crippen LogP contribution is -2.52. The third-order valence-electron chi connectivity index (χ3n) is 4.63. The minimum Gasteiger partial charge on any atom is -0.332 e. The Labute approximate surface area is 154 Å². The maximum absolute atomic E-state index is 12.9. The lowest BCUT2D eigenvalue weighted by atomic mass is 10.0. The van der Waals surface area contributed by atoms with Crippen LogP contribution in [-0.2, 0) is 22.9 Å². The van der Waals surface area contributed by atoms with Crippen LogP contribution in [0.5, 0.6) is 0 Å².